The lowest BCUT2D eigenvalue weighted by Crippen LogP contribution is -2.40. The van der Waals surface area contributed by atoms with Crippen LogP contribution in [0.25, 0.3) is 0 Å². The zero-order valence-corrected chi connectivity index (χ0v) is 10.4. The van der Waals surface area contributed by atoms with Crippen molar-refractivity contribution in [2.24, 2.45) is 11.8 Å². The lowest BCUT2D eigenvalue weighted by atomic mass is 10.0. The molecule has 3 atom stereocenters. The van der Waals surface area contributed by atoms with Crippen molar-refractivity contribution in [2.45, 2.75) is 39.2 Å². The molecule has 98 valence electrons. The van der Waals surface area contributed by atoms with Gasteiger partial charge in [0.05, 0.1) is 12.6 Å². The highest BCUT2D eigenvalue weighted by Crippen LogP contribution is 2.25. The molecule has 1 fully saturated rings. The van der Waals surface area contributed by atoms with Gasteiger partial charge in [0.15, 0.2) is 0 Å². The number of carbonyl (C=O) groups excluding carboxylic acids is 1. The lowest BCUT2D eigenvalue weighted by Gasteiger charge is -2.26. The Bertz CT molecular complexity index is 292. The van der Waals surface area contributed by atoms with Gasteiger partial charge in [-0.1, -0.05) is 13.8 Å². The Morgan fingerprint density at radius 3 is 2.59 bits per heavy atom. The summed E-state index contributed by atoms with van der Waals surface area (Å²) in [4.78, 5) is 24.2. The number of aliphatic carboxylic acids is 1. The van der Waals surface area contributed by atoms with Crippen molar-refractivity contribution in [3.8, 4) is 0 Å². The first kappa shape index (κ1) is 14.0. The van der Waals surface area contributed by atoms with Gasteiger partial charge in [-0.3, -0.25) is 9.59 Å². The van der Waals surface area contributed by atoms with E-state index in [1.165, 1.54) is 0 Å². The number of carbonyl (C=O) groups is 2. The molecule has 0 saturated carbocycles. The van der Waals surface area contributed by atoms with Crippen LogP contribution in [0, 0.1) is 11.8 Å². The summed E-state index contributed by atoms with van der Waals surface area (Å²) in [6, 6.07) is -0.0977. The fraction of sp³-hybridized carbons (Fsp3) is 0.833. The summed E-state index contributed by atoms with van der Waals surface area (Å²) in [7, 11) is 0. The number of carboxylic acid groups (broad SMARTS) is 1. The Labute approximate surface area is 101 Å². The molecule has 0 aromatic heterocycles. The summed E-state index contributed by atoms with van der Waals surface area (Å²) in [5.41, 5.74) is 0. The zero-order chi connectivity index (χ0) is 13.0. The summed E-state index contributed by atoms with van der Waals surface area (Å²) >= 11 is 0. The van der Waals surface area contributed by atoms with E-state index in [2.05, 4.69) is 0 Å². The van der Waals surface area contributed by atoms with Crippen LogP contribution >= 0.6 is 0 Å². The van der Waals surface area contributed by atoms with Crippen LogP contribution in [0.4, 0.5) is 0 Å². The smallest absolute Gasteiger partial charge is 0.303 e. The van der Waals surface area contributed by atoms with E-state index in [4.69, 9.17) is 5.11 Å². The minimum atomic E-state index is -0.876. The van der Waals surface area contributed by atoms with E-state index in [9.17, 15) is 14.7 Å². The van der Waals surface area contributed by atoms with Crippen LogP contribution in [0.3, 0.4) is 0 Å². The summed E-state index contributed by atoms with van der Waals surface area (Å²) < 4.78 is 0. The molecule has 5 nitrogen and oxygen atoms in total. The molecule has 0 aromatic carbocycles. The maximum atomic E-state index is 12.0. The van der Waals surface area contributed by atoms with Gasteiger partial charge in [0, 0.05) is 19.4 Å². The van der Waals surface area contributed by atoms with E-state index in [0.29, 0.717) is 12.5 Å². The SMILES string of the molecule is CC(CC(=O)O)CC(=O)N1CCC(C)C1CO. The number of carboxylic acids is 1. The van der Waals surface area contributed by atoms with E-state index in [-0.39, 0.29) is 37.3 Å². The van der Waals surface area contributed by atoms with Crippen LogP contribution in [0.2, 0.25) is 0 Å². The van der Waals surface area contributed by atoms with Gasteiger partial charge >= 0.3 is 5.97 Å². The monoisotopic (exact) mass is 243 g/mol. The first-order chi connectivity index (χ1) is 7.95. The Morgan fingerprint density at radius 1 is 1.41 bits per heavy atom. The Hall–Kier alpha value is -1.10. The summed E-state index contributed by atoms with van der Waals surface area (Å²) in [6.45, 7) is 4.44. The summed E-state index contributed by atoms with van der Waals surface area (Å²) in [5.74, 6) is -0.755. The highest BCUT2D eigenvalue weighted by molar-refractivity contribution is 5.78. The number of rotatable bonds is 5. The van der Waals surface area contributed by atoms with Crippen LogP contribution in [0.5, 0.6) is 0 Å². The normalized spacial score (nSPS) is 25.9. The standard InChI is InChI=1S/C12H21NO4/c1-8(6-12(16)17)5-11(15)13-4-3-9(2)10(13)7-14/h8-10,14H,3-7H2,1-2H3,(H,16,17). The largest absolute Gasteiger partial charge is 0.481 e. The minimum Gasteiger partial charge on any atom is -0.481 e. The number of likely N-dealkylation sites (tertiary alicyclic amines) is 1. The number of aliphatic hydroxyl groups excluding tert-OH is 1. The van der Waals surface area contributed by atoms with Gasteiger partial charge in [0.1, 0.15) is 0 Å². The molecule has 1 rings (SSSR count). The third-order valence-electron chi connectivity index (χ3n) is 3.44. The minimum absolute atomic E-state index is 0.0128. The average molecular weight is 243 g/mol. The predicted molar refractivity (Wildman–Crippen MR) is 62.4 cm³/mol. The molecule has 1 aliphatic heterocycles. The van der Waals surface area contributed by atoms with Crippen molar-refractivity contribution in [3.05, 3.63) is 0 Å². The molecular weight excluding hydrogens is 222 g/mol. The van der Waals surface area contributed by atoms with Gasteiger partial charge < -0.3 is 15.1 Å². The van der Waals surface area contributed by atoms with Gasteiger partial charge in [0.2, 0.25) is 5.91 Å². The number of hydrogen-bond donors (Lipinski definition) is 2. The third-order valence-corrected chi connectivity index (χ3v) is 3.44. The molecule has 3 unspecified atom stereocenters. The summed E-state index contributed by atoms with van der Waals surface area (Å²) in [6.07, 6.45) is 1.17. The van der Waals surface area contributed by atoms with Gasteiger partial charge in [-0.2, -0.15) is 0 Å². The molecule has 5 heteroatoms. The molecule has 17 heavy (non-hydrogen) atoms. The molecule has 1 aliphatic rings. The molecular formula is C12H21NO4. The lowest BCUT2D eigenvalue weighted by molar-refractivity contribution is -0.139. The fourth-order valence-corrected chi connectivity index (χ4v) is 2.38. The number of hydrogen-bond acceptors (Lipinski definition) is 3. The van der Waals surface area contributed by atoms with Crippen molar-refractivity contribution < 1.29 is 19.8 Å². The molecule has 1 amide bonds. The average Bonchev–Trinajstić information content (AvgIpc) is 2.57. The van der Waals surface area contributed by atoms with Gasteiger partial charge in [-0.05, 0) is 18.3 Å². The second-order valence-corrected chi connectivity index (χ2v) is 5.01. The Balaban J connectivity index is 2.50. The van der Waals surface area contributed by atoms with Crippen LogP contribution in [0.1, 0.15) is 33.1 Å². The van der Waals surface area contributed by atoms with Crippen LogP contribution in [-0.2, 0) is 9.59 Å². The van der Waals surface area contributed by atoms with Gasteiger partial charge in [-0.15, -0.1) is 0 Å². The number of amides is 1. The summed E-state index contributed by atoms with van der Waals surface area (Å²) in [5, 5.41) is 17.9. The second kappa shape index (κ2) is 6.00. The van der Waals surface area contributed by atoms with E-state index >= 15 is 0 Å². The molecule has 0 aliphatic carbocycles. The highest BCUT2D eigenvalue weighted by Gasteiger charge is 2.34. The second-order valence-electron chi connectivity index (χ2n) is 5.01. The quantitative estimate of drug-likeness (QED) is 0.745. The molecule has 0 radical (unpaired) electrons. The predicted octanol–water partition coefficient (Wildman–Crippen LogP) is 0.717. The van der Waals surface area contributed by atoms with Gasteiger partial charge in [0.25, 0.3) is 0 Å². The van der Waals surface area contributed by atoms with Crippen LogP contribution < -0.4 is 0 Å². The molecule has 0 spiro atoms. The first-order valence-corrected chi connectivity index (χ1v) is 6.07. The van der Waals surface area contributed by atoms with Crippen LogP contribution in [0.15, 0.2) is 0 Å². The maximum Gasteiger partial charge on any atom is 0.303 e. The molecule has 2 N–H and O–H groups in total. The zero-order valence-electron chi connectivity index (χ0n) is 10.4. The van der Waals surface area contributed by atoms with Crippen LogP contribution in [-0.4, -0.2) is 46.2 Å². The number of aliphatic hydroxyl groups is 1. The highest BCUT2D eigenvalue weighted by atomic mass is 16.4. The first-order valence-electron chi connectivity index (χ1n) is 6.07. The maximum absolute atomic E-state index is 12.0. The molecule has 1 saturated heterocycles. The third kappa shape index (κ3) is 3.70. The Kier molecular flexibility index (Phi) is 4.93. The molecule has 1 heterocycles. The van der Waals surface area contributed by atoms with E-state index in [1.807, 2.05) is 6.92 Å². The van der Waals surface area contributed by atoms with Crippen molar-refractivity contribution in [3.63, 3.8) is 0 Å². The van der Waals surface area contributed by atoms with Crippen molar-refractivity contribution >= 4 is 11.9 Å². The van der Waals surface area contributed by atoms with E-state index in [1.54, 1.807) is 11.8 Å². The van der Waals surface area contributed by atoms with Crippen molar-refractivity contribution in [1.82, 2.24) is 4.90 Å². The van der Waals surface area contributed by atoms with E-state index < -0.39 is 5.97 Å². The topological polar surface area (TPSA) is 77.8 Å². The van der Waals surface area contributed by atoms with Crippen molar-refractivity contribution in [1.29, 1.82) is 0 Å². The van der Waals surface area contributed by atoms with Crippen molar-refractivity contribution in [2.75, 3.05) is 13.2 Å². The Morgan fingerprint density at radius 2 is 2.06 bits per heavy atom. The van der Waals surface area contributed by atoms with E-state index in [0.717, 1.165) is 6.42 Å². The molecule has 0 aromatic rings. The molecule has 0 bridgehead atoms. The van der Waals surface area contributed by atoms with Gasteiger partial charge in [-0.25, -0.2) is 0 Å². The fourth-order valence-electron chi connectivity index (χ4n) is 2.38. The number of nitrogens with zero attached hydrogens (tertiary/aromatic N) is 1.